The third-order valence-electron chi connectivity index (χ3n) is 4.90. The van der Waals surface area contributed by atoms with E-state index in [0.29, 0.717) is 5.69 Å². The standard InChI is InChI=1S/C24H23N3O3S/c28-23(14-7-15-31(29,30)17-18-8-2-1-3-9-18)25-20-11-6-10-19(16-20)24-26-21-12-4-5-13-22(21)27-24/h1-6,8-13,16H,7,14-15,17H2,(H,25,28)(H,26,27). The zero-order valence-corrected chi connectivity index (χ0v) is 17.7. The second-order valence-electron chi connectivity index (χ2n) is 7.41. The molecule has 1 amide bonds. The number of hydrogen-bond acceptors (Lipinski definition) is 4. The number of rotatable bonds is 8. The van der Waals surface area contributed by atoms with Crippen LogP contribution in [0.5, 0.6) is 0 Å². The smallest absolute Gasteiger partial charge is 0.224 e. The first-order valence-corrected chi connectivity index (χ1v) is 11.9. The molecule has 0 fully saturated rings. The normalized spacial score (nSPS) is 11.5. The first kappa shape index (κ1) is 20.8. The van der Waals surface area contributed by atoms with Crippen molar-refractivity contribution in [2.45, 2.75) is 18.6 Å². The van der Waals surface area contributed by atoms with Crippen LogP contribution in [-0.2, 0) is 20.4 Å². The fourth-order valence-electron chi connectivity index (χ4n) is 3.41. The zero-order chi connectivity index (χ0) is 21.7. The molecule has 4 aromatic rings. The molecule has 0 aliphatic heterocycles. The zero-order valence-electron chi connectivity index (χ0n) is 16.9. The average molecular weight is 434 g/mol. The Labute approximate surface area is 181 Å². The molecule has 31 heavy (non-hydrogen) atoms. The topological polar surface area (TPSA) is 91.9 Å². The van der Waals surface area contributed by atoms with Crippen LogP contribution < -0.4 is 5.32 Å². The number of nitrogens with one attached hydrogen (secondary N) is 2. The Kier molecular flexibility index (Phi) is 6.13. The fraction of sp³-hybridized carbons (Fsp3) is 0.167. The molecule has 0 saturated heterocycles. The molecule has 158 valence electrons. The molecule has 1 aromatic heterocycles. The Morgan fingerprint density at radius 2 is 1.71 bits per heavy atom. The van der Waals surface area contributed by atoms with E-state index in [0.717, 1.165) is 28.0 Å². The molecule has 4 rings (SSSR count). The number of nitrogens with zero attached hydrogens (tertiary/aromatic N) is 1. The summed E-state index contributed by atoms with van der Waals surface area (Å²) in [4.78, 5) is 20.2. The van der Waals surface area contributed by atoms with Crippen molar-refractivity contribution in [3.8, 4) is 11.4 Å². The van der Waals surface area contributed by atoms with Crippen LogP contribution in [0.3, 0.4) is 0 Å². The summed E-state index contributed by atoms with van der Waals surface area (Å²) < 4.78 is 24.5. The van der Waals surface area contributed by atoms with Gasteiger partial charge in [0.25, 0.3) is 0 Å². The van der Waals surface area contributed by atoms with Crippen LogP contribution in [-0.4, -0.2) is 30.0 Å². The molecule has 0 radical (unpaired) electrons. The van der Waals surface area contributed by atoms with Crippen LogP contribution in [0, 0.1) is 0 Å². The molecule has 7 heteroatoms. The van der Waals surface area contributed by atoms with Gasteiger partial charge in [-0.2, -0.15) is 0 Å². The highest BCUT2D eigenvalue weighted by molar-refractivity contribution is 7.90. The Morgan fingerprint density at radius 1 is 0.935 bits per heavy atom. The first-order valence-electron chi connectivity index (χ1n) is 10.1. The van der Waals surface area contributed by atoms with Gasteiger partial charge >= 0.3 is 0 Å². The van der Waals surface area contributed by atoms with Gasteiger partial charge in [-0.25, -0.2) is 13.4 Å². The summed E-state index contributed by atoms with van der Waals surface area (Å²) in [6.45, 7) is 0. The first-order chi connectivity index (χ1) is 15.0. The van der Waals surface area contributed by atoms with E-state index < -0.39 is 9.84 Å². The van der Waals surface area contributed by atoms with Crippen molar-refractivity contribution in [3.63, 3.8) is 0 Å². The third kappa shape index (κ3) is 5.58. The van der Waals surface area contributed by atoms with Crippen LogP contribution in [0.1, 0.15) is 18.4 Å². The summed E-state index contributed by atoms with van der Waals surface area (Å²) in [7, 11) is -3.25. The van der Waals surface area contributed by atoms with Crippen LogP contribution in [0.2, 0.25) is 0 Å². The summed E-state index contributed by atoms with van der Waals surface area (Å²) in [5.41, 5.74) is 4.09. The van der Waals surface area contributed by atoms with Crippen molar-refractivity contribution in [1.82, 2.24) is 9.97 Å². The number of carbonyl (C=O) groups excluding carboxylic acids is 1. The van der Waals surface area contributed by atoms with E-state index >= 15 is 0 Å². The third-order valence-corrected chi connectivity index (χ3v) is 6.58. The fourth-order valence-corrected chi connectivity index (χ4v) is 4.84. The number of H-pyrrole nitrogens is 1. The number of anilines is 1. The molecule has 0 atom stereocenters. The van der Waals surface area contributed by atoms with Gasteiger partial charge in [-0.05, 0) is 36.2 Å². The highest BCUT2D eigenvalue weighted by atomic mass is 32.2. The summed E-state index contributed by atoms with van der Waals surface area (Å²) in [6, 6.07) is 24.3. The number of aromatic amines is 1. The van der Waals surface area contributed by atoms with Gasteiger partial charge in [0.05, 0.1) is 22.5 Å². The van der Waals surface area contributed by atoms with Gasteiger partial charge in [-0.15, -0.1) is 0 Å². The number of para-hydroxylation sites is 2. The molecular formula is C24H23N3O3S. The van der Waals surface area contributed by atoms with Gasteiger partial charge in [0.15, 0.2) is 9.84 Å². The largest absolute Gasteiger partial charge is 0.338 e. The molecule has 3 aromatic carbocycles. The van der Waals surface area contributed by atoms with Crippen molar-refractivity contribution in [3.05, 3.63) is 84.4 Å². The lowest BCUT2D eigenvalue weighted by molar-refractivity contribution is -0.116. The average Bonchev–Trinajstić information content (AvgIpc) is 3.18. The van der Waals surface area contributed by atoms with E-state index in [4.69, 9.17) is 0 Å². The van der Waals surface area contributed by atoms with Crippen molar-refractivity contribution in [2.75, 3.05) is 11.1 Å². The summed E-state index contributed by atoms with van der Waals surface area (Å²) in [6.07, 6.45) is 0.424. The molecule has 0 saturated carbocycles. The molecular weight excluding hydrogens is 410 g/mol. The Balaban J connectivity index is 1.33. The molecule has 1 heterocycles. The predicted octanol–water partition coefficient (Wildman–Crippen LogP) is 4.56. The van der Waals surface area contributed by atoms with Crippen molar-refractivity contribution in [1.29, 1.82) is 0 Å². The highest BCUT2D eigenvalue weighted by Crippen LogP contribution is 2.23. The van der Waals surface area contributed by atoms with E-state index in [1.54, 1.807) is 18.2 Å². The maximum absolute atomic E-state index is 12.3. The minimum atomic E-state index is -3.25. The monoisotopic (exact) mass is 433 g/mol. The van der Waals surface area contributed by atoms with E-state index in [2.05, 4.69) is 15.3 Å². The predicted molar refractivity (Wildman–Crippen MR) is 123 cm³/mol. The molecule has 0 aliphatic rings. The number of hydrogen-bond donors (Lipinski definition) is 2. The molecule has 6 nitrogen and oxygen atoms in total. The maximum atomic E-state index is 12.3. The molecule has 0 bridgehead atoms. The van der Waals surface area contributed by atoms with E-state index in [1.807, 2.05) is 60.7 Å². The number of benzene rings is 3. The van der Waals surface area contributed by atoms with Crippen LogP contribution >= 0.6 is 0 Å². The summed E-state index contributed by atoms with van der Waals surface area (Å²) in [5, 5.41) is 2.85. The Morgan fingerprint density at radius 3 is 2.52 bits per heavy atom. The molecule has 0 spiro atoms. The molecule has 2 N–H and O–H groups in total. The quantitative estimate of drug-likeness (QED) is 0.426. The SMILES string of the molecule is O=C(CCCS(=O)(=O)Cc1ccccc1)Nc1cccc(-c2nc3ccccc3[nH]2)c1. The number of carbonyl (C=O) groups is 1. The van der Waals surface area contributed by atoms with Crippen LogP contribution in [0.25, 0.3) is 22.4 Å². The van der Waals surface area contributed by atoms with E-state index in [9.17, 15) is 13.2 Å². The lowest BCUT2D eigenvalue weighted by Gasteiger charge is -2.07. The number of aromatic nitrogens is 2. The summed E-state index contributed by atoms with van der Waals surface area (Å²) in [5.74, 6) is 0.490. The molecule has 0 aliphatic carbocycles. The summed E-state index contributed by atoms with van der Waals surface area (Å²) >= 11 is 0. The molecule has 0 unspecified atom stereocenters. The lowest BCUT2D eigenvalue weighted by atomic mass is 10.2. The van der Waals surface area contributed by atoms with Crippen LogP contribution in [0.4, 0.5) is 5.69 Å². The highest BCUT2D eigenvalue weighted by Gasteiger charge is 2.13. The van der Waals surface area contributed by atoms with Gasteiger partial charge < -0.3 is 10.3 Å². The Bertz CT molecular complexity index is 1260. The van der Waals surface area contributed by atoms with Gasteiger partial charge in [-0.1, -0.05) is 54.6 Å². The number of sulfone groups is 1. The minimum absolute atomic E-state index is 0.00496. The van der Waals surface area contributed by atoms with E-state index in [-0.39, 0.29) is 30.3 Å². The van der Waals surface area contributed by atoms with Crippen molar-refractivity contribution < 1.29 is 13.2 Å². The maximum Gasteiger partial charge on any atom is 0.224 e. The van der Waals surface area contributed by atoms with Crippen molar-refractivity contribution >= 4 is 32.5 Å². The second-order valence-corrected chi connectivity index (χ2v) is 9.60. The van der Waals surface area contributed by atoms with Gasteiger partial charge in [-0.3, -0.25) is 4.79 Å². The number of amides is 1. The lowest BCUT2D eigenvalue weighted by Crippen LogP contribution is -2.15. The number of imidazole rings is 1. The van der Waals surface area contributed by atoms with Gasteiger partial charge in [0, 0.05) is 17.7 Å². The second kappa shape index (κ2) is 9.14. The van der Waals surface area contributed by atoms with Crippen molar-refractivity contribution in [2.24, 2.45) is 0 Å². The Hall–Kier alpha value is -3.45. The number of fused-ring (bicyclic) bond motifs is 1. The van der Waals surface area contributed by atoms with Gasteiger partial charge in [0.1, 0.15) is 5.82 Å². The van der Waals surface area contributed by atoms with Crippen LogP contribution in [0.15, 0.2) is 78.9 Å². The van der Waals surface area contributed by atoms with E-state index in [1.165, 1.54) is 0 Å². The van der Waals surface area contributed by atoms with Gasteiger partial charge in [0.2, 0.25) is 5.91 Å². The minimum Gasteiger partial charge on any atom is -0.338 e.